The van der Waals surface area contributed by atoms with Gasteiger partial charge in [-0.25, -0.2) is 0 Å². The molecule has 0 unspecified atom stereocenters. The highest BCUT2D eigenvalue weighted by Crippen LogP contribution is 2.16. The minimum atomic E-state index is -0.863. The molecule has 0 radical (unpaired) electrons. The lowest BCUT2D eigenvalue weighted by Crippen LogP contribution is -2.09. The van der Waals surface area contributed by atoms with Gasteiger partial charge >= 0.3 is 5.97 Å². The number of hydrogen-bond acceptors (Lipinski definition) is 3. The molecule has 2 aromatic rings. The first-order valence-corrected chi connectivity index (χ1v) is 6.83. The van der Waals surface area contributed by atoms with E-state index in [0.717, 1.165) is 5.75 Å². The van der Waals surface area contributed by atoms with E-state index in [1.54, 1.807) is 48.5 Å². The summed E-state index contributed by atoms with van der Waals surface area (Å²) in [5.74, 6) is 0.495. The van der Waals surface area contributed by atoms with Gasteiger partial charge in [-0.15, -0.1) is 0 Å². The topological polar surface area (TPSA) is 55.8 Å². The summed E-state index contributed by atoms with van der Waals surface area (Å²) >= 11 is 5.78. The summed E-state index contributed by atoms with van der Waals surface area (Å²) in [5, 5.41) is 9.41. The van der Waals surface area contributed by atoms with Gasteiger partial charge in [0.25, 0.3) is 0 Å². The summed E-state index contributed by atoms with van der Waals surface area (Å²) < 4.78 is 11.0. The first-order chi connectivity index (χ1) is 10.1. The summed E-state index contributed by atoms with van der Waals surface area (Å²) in [5.41, 5.74) is 0.707. The van der Waals surface area contributed by atoms with E-state index in [9.17, 15) is 4.79 Å². The van der Waals surface area contributed by atoms with Crippen LogP contribution in [0.2, 0.25) is 5.02 Å². The molecule has 0 amide bonds. The number of carboxylic acids is 1. The lowest BCUT2D eigenvalue weighted by atomic mass is 10.1. The van der Waals surface area contributed by atoms with Gasteiger partial charge in [-0.1, -0.05) is 23.7 Å². The van der Waals surface area contributed by atoms with E-state index in [2.05, 4.69) is 0 Å². The van der Waals surface area contributed by atoms with E-state index in [-0.39, 0.29) is 6.42 Å². The fourth-order valence-electron chi connectivity index (χ4n) is 1.77. The van der Waals surface area contributed by atoms with Crippen LogP contribution in [-0.2, 0) is 11.2 Å². The highest BCUT2D eigenvalue weighted by Gasteiger charge is 2.02. The van der Waals surface area contributed by atoms with Crippen molar-refractivity contribution in [2.75, 3.05) is 13.2 Å². The molecule has 4 nitrogen and oxygen atoms in total. The Bertz CT molecular complexity index is 595. The number of rotatable bonds is 7. The van der Waals surface area contributed by atoms with Crippen molar-refractivity contribution in [3.05, 3.63) is 59.1 Å². The van der Waals surface area contributed by atoms with Gasteiger partial charge < -0.3 is 14.6 Å². The third-order valence-electron chi connectivity index (χ3n) is 2.69. The predicted octanol–water partition coefficient (Wildman–Crippen LogP) is 3.42. The molecule has 0 spiro atoms. The monoisotopic (exact) mass is 306 g/mol. The molecular weight excluding hydrogens is 292 g/mol. The van der Waals surface area contributed by atoms with Gasteiger partial charge in [0.15, 0.2) is 0 Å². The van der Waals surface area contributed by atoms with Crippen LogP contribution in [0.25, 0.3) is 0 Å². The molecule has 0 bridgehead atoms. The van der Waals surface area contributed by atoms with Gasteiger partial charge in [0.1, 0.15) is 24.7 Å². The molecule has 0 saturated carbocycles. The molecule has 0 saturated heterocycles. The zero-order valence-corrected chi connectivity index (χ0v) is 12.0. The van der Waals surface area contributed by atoms with Crippen LogP contribution in [0.15, 0.2) is 48.5 Å². The minimum Gasteiger partial charge on any atom is -0.490 e. The molecule has 0 aliphatic carbocycles. The number of ether oxygens (including phenoxy) is 2. The third-order valence-corrected chi connectivity index (χ3v) is 2.94. The van der Waals surface area contributed by atoms with Gasteiger partial charge in [0.05, 0.1) is 6.42 Å². The van der Waals surface area contributed by atoms with Crippen molar-refractivity contribution >= 4 is 17.6 Å². The van der Waals surface area contributed by atoms with Gasteiger partial charge in [-0.3, -0.25) is 4.79 Å². The first-order valence-electron chi connectivity index (χ1n) is 6.45. The van der Waals surface area contributed by atoms with E-state index in [1.165, 1.54) is 0 Å². The molecule has 0 aromatic heterocycles. The molecule has 110 valence electrons. The molecule has 0 fully saturated rings. The number of halogens is 1. The maximum Gasteiger partial charge on any atom is 0.307 e. The molecule has 2 rings (SSSR count). The maximum atomic E-state index is 10.7. The number of carboxylic acid groups (broad SMARTS) is 1. The Hall–Kier alpha value is -2.20. The zero-order valence-electron chi connectivity index (χ0n) is 11.3. The number of hydrogen-bond donors (Lipinski definition) is 1. The minimum absolute atomic E-state index is 0.0154. The predicted molar refractivity (Wildman–Crippen MR) is 80.2 cm³/mol. The average Bonchev–Trinajstić information content (AvgIpc) is 2.45. The van der Waals surface area contributed by atoms with Crippen LogP contribution in [0.1, 0.15) is 5.56 Å². The SMILES string of the molecule is O=C(O)Cc1cccc(OCCOc2ccc(Cl)cc2)c1. The van der Waals surface area contributed by atoms with Crippen molar-refractivity contribution in [3.8, 4) is 11.5 Å². The summed E-state index contributed by atoms with van der Waals surface area (Å²) in [7, 11) is 0. The second-order valence-corrected chi connectivity index (χ2v) is 4.81. The molecule has 0 aliphatic rings. The van der Waals surface area contributed by atoms with Crippen molar-refractivity contribution in [3.63, 3.8) is 0 Å². The standard InChI is InChI=1S/C16H15ClO4/c17-13-4-6-14(7-5-13)20-8-9-21-15-3-1-2-12(10-15)11-16(18)19/h1-7,10H,8-9,11H2,(H,18,19). The number of aliphatic carboxylic acids is 1. The molecule has 2 aromatic carbocycles. The first kappa shape index (κ1) is 15.2. The van der Waals surface area contributed by atoms with Gasteiger partial charge in [0.2, 0.25) is 0 Å². The maximum absolute atomic E-state index is 10.7. The van der Waals surface area contributed by atoms with E-state index in [4.69, 9.17) is 26.2 Å². The van der Waals surface area contributed by atoms with Crippen molar-refractivity contribution < 1.29 is 19.4 Å². The van der Waals surface area contributed by atoms with E-state index in [0.29, 0.717) is 29.5 Å². The second kappa shape index (κ2) is 7.55. The van der Waals surface area contributed by atoms with E-state index < -0.39 is 5.97 Å². The highest BCUT2D eigenvalue weighted by atomic mass is 35.5. The molecule has 0 heterocycles. The fourth-order valence-corrected chi connectivity index (χ4v) is 1.90. The van der Waals surface area contributed by atoms with E-state index in [1.807, 2.05) is 0 Å². The third kappa shape index (κ3) is 5.36. The van der Waals surface area contributed by atoms with Crippen molar-refractivity contribution in [2.45, 2.75) is 6.42 Å². The largest absolute Gasteiger partial charge is 0.490 e. The van der Waals surface area contributed by atoms with Crippen LogP contribution in [0, 0.1) is 0 Å². The van der Waals surface area contributed by atoms with Crippen LogP contribution in [-0.4, -0.2) is 24.3 Å². The molecular formula is C16H15ClO4. The van der Waals surface area contributed by atoms with Gasteiger partial charge in [-0.05, 0) is 42.0 Å². The Kier molecular flexibility index (Phi) is 5.46. The van der Waals surface area contributed by atoms with Crippen LogP contribution < -0.4 is 9.47 Å². The molecule has 5 heteroatoms. The molecule has 1 N–H and O–H groups in total. The Morgan fingerprint density at radius 2 is 1.67 bits per heavy atom. The second-order valence-electron chi connectivity index (χ2n) is 4.37. The van der Waals surface area contributed by atoms with Crippen LogP contribution in [0.3, 0.4) is 0 Å². The molecule has 0 aliphatic heterocycles. The number of carbonyl (C=O) groups is 1. The summed E-state index contributed by atoms with van der Waals surface area (Å²) in [4.78, 5) is 10.7. The quantitative estimate of drug-likeness (QED) is 0.796. The Morgan fingerprint density at radius 1 is 1.00 bits per heavy atom. The molecule has 21 heavy (non-hydrogen) atoms. The van der Waals surface area contributed by atoms with Crippen LogP contribution in [0.4, 0.5) is 0 Å². The lowest BCUT2D eigenvalue weighted by Gasteiger charge is -2.09. The van der Waals surface area contributed by atoms with Crippen molar-refractivity contribution in [1.29, 1.82) is 0 Å². The van der Waals surface area contributed by atoms with Crippen molar-refractivity contribution in [2.24, 2.45) is 0 Å². The van der Waals surface area contributed by atoms with Crippen molar-refractivity contribution in [1.82, 2.24) is 0 Å². The average molecular weight is 307 g/mol. The Morgan fingerprint density at radius 3 is 2.33 bits per heavy atom. The highest BCUT2D eigenvalue weighted by molar-refractivity contribution is 6.30. The fraction of sp³-hybridized carbons (Fsp3) is 0.188. The van der Waals surface area contributed by atoms with Crippen LogP contribution in [0.5, 0.6) is 11.5 Å². The summed E-state index contributed by atoms with van der Waals surface area (Å²) in [6.07, 6.45) is -0.0154. The summed E-state index contributed by atoms with van der Waals surface area (Å²) in [6, 6.07) is 14.1. The van der Waals surface area contributed by atoms with Gasteiger partial charge in [-0.2, -0.15) is 0 Å². The Balaban J connectivity index is 1.78. The normalized spacial score (nSPS) is 10.1. The number of benzene rings is 2. The van der Waals surface area contributed by atoms with E-state index >= 15 is 0 Å². The smallest absolute Gasteiger partial charge is 0.307 e. The zero-order chi connectivity index (χ0) is 15.1. The summed E-state index contributed by atoms with van der Waals surface area (Å²) in [6.45, 7) is 0.768. The molecule has 0 atom stereocenters. The Labute approximate surface area is 127 Å². The lowest BCUT2D eigenvalue weighted by molar-refractivity contribution is -0.136. The van der Waals surface area contributed by atoms with Crippen LogP contribution >= 0.6 is 11.6 Å². The van der Waals surface area contributed by atoms with Gasteiger partial charge in [0, 0.05) is 5.02 Å².